The number of aryl methyl sites for hydroxylation is 2. The number of hydrogen-bond donors (Lipinski definition) is 1. The summed E-state index contributed by atoms with van der Waals surface area (Å²) in [6.45, 7) is 3.26. The third-order valence-electron chi connectivity index (χ3n) is 3.87. The zero-order chi connectivity index (χ0) is 19.8. The Labute approximate surface area is 158 Å². The van der Waals surface area contributed by atoms with Crippen LogP contribution in [0.2, 0.25) is 0 Å². The van der Waals surface area contributed by atoms with Gasteiger partial charge in [0.25, 0.3) is 5.91 Å². The van der Waals surface area contributed by atoms with Gasteiger partial charge in [-0.25, -0.2) is 4.79 Å². The van der Waals surface area contributed by atoms with E-state index in [4.69, 9.17) is 18.9 Å². The molecule has 0 saturated heterocycles. The van der Waals surface area contributed by atoms with Crippen LogP contribution < -0.4 is 19.5 Å². The van der Waals surface area contributed by atoms with E-state index in [9.17, 15) is 9.59 Å². The molecule has 0 heterocycles. The molecular weight excluding hydrogens is 350 g/mol. The highest BCUT2D eigenvalue weighted by Crippen LogP contribution is 2.29. The van der Waals surface area contributed by atoms with E-state index in [1.54, 1.807) is 24.3 Å². The Morgan fingerprint density at radius 1 is 0.889 bits per heavy atom. The van der Waals surface area contributed by atoms with E-state index in [1.807, 2.05) is 26.0 Å². The summed E-state index contributed by atoms with van der Waals surface area (Å²) in [7, 11) is 3.02. The maximum absolute atomic E-state index is 11.9. The van der Waals surface area contributed by atoms with Crippen LogP contribution in [-0.2, 0) is 14.3 Å². The van der Waals surface area contributed by atoms with E-state index in [-0.39, 0.29) is 6.61 Å². The van der Waals surface area contributed by atoms with Gasteiger partial charge in [0, 0.05) is 11.8 Å². The fourth-order valence-corrected chi connectivity index (χ4v) is 2.24. The van der Waals surface area contributed by atoms with Gasteiger partial charge in [0.1, 0.15) is 5.75 Å². The molecule has 2 aromatic rings. The van der Waals surface area contributed by atoms with Crippen LogP contribution in [0.3, 0.4) is 0 Å². The number of carbonyl (C=O) groups excluding carboxylic acids is 2. The van der Waals surface area contributed by atoms with E-state index < -0.39 is 18.5 Å². The van der Waals surface area contributed by atoms with Gasteiger partial charge in [-0.1, -0.05) is 6.07 Å². The number of methoxy groups -OCH3 is 2. The van der Waals surface area contributed by atoms with Crippen LogP contribution in [-0.4, -0.2) is 39.3 Å². The molecule has 7 nitrogen and oxygen atoms in total. The summed E-state index contributed by atoms with van der Waals surface area (Å²) < 4.78 is 20.6. The summed E-state index contributed by atoms with van der Waals surface area (Å²) in [6, 6.07) is 10.5. The maximum atomic E-state index is 11.9. The number of benzene rings is 2. The quantitative estimate of drug-likeness (QED) is 0.717. The molecule has 0 fully saturated rings. The van der Waals surface area contributed by atoms with Crippen LogP contribution in [0.5, 0.6) is 17.2 Å². The van der Waals surface area contributed by atoms with Crippen molar-refractivity contribution >= 4 is 17.6 Å². The molecule has 0 bridgehead atoms. The highest BCUT2D eigenvalue weighted by molar-refractivity contribution is 5.93. The molecule has 0 radical (unpaired) electrons. The van der Waals surface area contributed by atoms with Crippen molar-refractivity contribution in [1.29, 1.82) is 0 Å². The second-order valence-corrected chi connectivity index (χ2v) is 5.81. The third-order valence-corrected chi connectivity index (χ3v) is 3.87. The van der Waals surface area contributed by atoms with Crippen molar-refractivity contribution in [3.63, 3.8) is 0 Å². The molecule has 0 aliphatic heterocycles. The fourth-order valence-electron chi connectivity index (χ4n) is 2.24. The van der Waals surface area contributed by atoms with Crippen molar-refractivity contribution in [3.05, 3.63) is 47.5 Å². The number of rotatable bonds is 8. The minimum atomic E-state index is -0.629. The lowest BCUT2D eigenvalue weighted by molar-refractivity contribution is -0.149. The Kier molecular flexibility index (Phi) is 7.05. The summed E-state index contributed by atoms with van der Waals surface area (Å²) in [4.78, 5) is 23.7. The predicted molar refractivity (Wildman–Crippen MR) is 101 cm³/mol. The lowest BCUT2D eigenvalue weighted by Crippen LogP contribution is -2.23. The second-order valence-electron chi connectivity index (χ2n) is 5.81. The van der Waals surface area contributed by atoms with Gasteiger partial charge in [-0.15, -0.1) is 0 Å². The number of nitrogens with one attached hydrogen (secondary N) is 1. The first-order valence-corrected chi connectivity index (χ1v) is 8.30. The van der Waals surface area contributed by atoms with Gasteiger partial charge in [0.05, 0.1) is 14.2 Å². The number of amides is 1. The lowest BCUT2D eigenvalue weighted by atomic mass is 10.1. The monoisotopic (exact) mass is 373 g/mol. The van der Waals surface area contributed by atoms with E-state index in [1.165, 1.54) is 14.2 Å². The van der Waals surface area contributed by atoms with Crippen LogP contribution >= 0.6 is 0 Å². The molecule has 27 heavy (non-hydrogen) atoms. The molecule has 2 rings (SSSR count). The van der Waals surface area contributed by atoms with Gasteiger partial charge in [0.2, 0.25) is 0 Å². The molecule has 144 valence electrons. The first kappa shape index (κ1) is 20.1. The molecule has 1 N–H and O–H groups in total. The van der Waals surface area contributed by atoms with Crippen molar-refractivity contribution in [2.45, 2.75) is 13.8 Å². The highest BCUT2D eigenvalue weighted by atomic mass is 16.6. The number of anilines is 1. The molecule has 0 aromatic heterocycles. The average Bonchev–Trinajstić information content (AvgIpc) is 2.67. The van der Waals surface area contributed by atoms with Crippen molar-refractivity contribution in [1.82, 2.24) is 0 Å². The minimum Gasteiger partial charge on any atom is -0.493 e. The number of esters is 1. The largest absolute Gasteiger partial charge is 0.493 e. The summed E-state index contributed by atoms with van der Waals surface area (Å²) in [5, 5.41) is 2.62. The number of hydrogen-bond acceptors (Lipinski definition) is 6. The van der Waals surface area contributed by atoms with Crippen LogP contribution in [0.4, 0.5) is 5.69 Å². The highest BCUT2D eigenvalue weighted by Gasteiger charge is 2.11. The smallest absolute Gasteiger partial charge is 0.344 e. The molecule has 0 atom stereocenters. The van der Waals surface area contributed by atoms with Crippen LogP contribution in [0.15, 0.2) is 36.4 Å². The van der Waals surface area contributed by atoms with E-state index in [0.29, 0.717) is 22.9 Å². The Bertz CT molecular complexity index is 818. The van der Waals surface area contributed by atoms with Crippen molar-refractivity contribution in [2.24, 2.45) is 0 Å². The molecule has 0 aliphatic rings. The maximum Gasteiger partial charge on any atom is 0.344 e. The molecule has 0 unspecified atom stereocenters. The van der Waals surface area contributed by atoms with Crippen LogP contribution in [0.25, 0.3) is 0 Å². The fraction of sp³-hybridized carbons (Fsp3) is 0.300. The molecule has 0 saturated carbocycles. The van der Waals surface area contributed by atoms with Gasteiger partial charge in [-0.3, -0.25) is 4.79 Å². The molecule has 1 amide bonds. The van der Waals surface area contributed by atoms with E-state index in [0.717, 1.165) is 11.1 Å². The van der Waals surface area contributed by atoms with Crippen molar-refractivity contribution in [3.8, 4) is 17.2 Å². The average molecular weight is 373 g/mol. The summed E-state index contributed by atoms with van der Waals surface area (Å²) in [6.07, 6.45) is 0. The molecule has 2 aromatic carbocycles. The van der Waals surface area contributed by atoms with Crippen LogP contribution in [0.1, 0.15) is 11.1 Å². The van der Waals surface area contributed by atoms with Crippen molar-refractivity contribution < 1.29 is 28.5 Å². The number of carbonyl (C=O) groups is 2. The van der Waals surface area contributed by atoms with Gasteiger partial charge in [0.15, 0.2) is 24.7 Å². The van der Waals surface area contributed by atoms with Gasteiger partial charge in [-0.05, 0) is 49.2 Å². The van der Waals surface area contributed by atoms with Crippen LogP contribution in [0, 0.1) is 13.8 Å². The molecule has 0 aliphatic carbocycles. The van der Waals surface area contributed by atoms with Gasteiger partial charge < -0.3 is 24.3 Å². The summed E-state index contributed by atoms with van der Waals surface area (Å²) in [5.74, 6) is 0.502. The van der Waals surface area contributed by atoms with E-state index >= 15 is 0 Å². The minimum absolute atomic E-state index is 0.272. The Hall–Kier alpha value is -3.22. The standard InChI is InChI=1S/C20H23NO6/c1-13-5-7-16(9-14(13)2)26-12-20(23)27-11-19(22)21-15-6-8-17(24-3)18(10-15)25-4/h5-10H,11-12H2,1-4H3,(H,21,22). The Morgan fingerprint density at radius 3 is 2.30 bits per heavy atom. The first-order chi connectivity index (χ1) is 12.9. The third kappa shape index (κ3) is 5.91. The lowest BCUT2D eigenvalue weighted by Gasteiger charge is -2.11. The number of ether oxygens (including phenoxy) is 4. The summed E-state index contributed by atoms with van der Waals surface area (Å²) >= 11 is 0. The topological polar surface area (TPSA) is 83.1 Å². The first-order valence-electron chi connectivity index (χ1n) is 8.30. The molecule has 0 spiro atoms. The second kappa shape index (κ2) is 9.47. The summed E-state index contributed by atoms with van der Waals surface area (Å²) in [5.41, 5.74) is 2.70. The van der Waals surface area contributed by atoms with E-state index in [2.05, 4.69) is 5.32 Å². The Morgan fingerprint density at radius 2 is 1.63 bits per heavy atom. The van der Waals surface area contributed by atoms with Crippen molar-refractivity contribution in [2.75, 3.05) is 32.8 Å². The zero-order valence-corrected chi connectivity index (χ0v) is 15.8. The normalized spacial score (nSPS) is 10.1. The van der Waals surface area contributed by atoms with Gasteiger partial charge in [-0.2, -0.15) is 0 Å². The SMILES string of the molecule is COc1ccc(NC(=O)COC(=O)COc2ccc(C)c(C)c2)cc1OC. The predicted octanol–water partition coefficient (Wildman–Crippen LogP) is 2.88. The molecule has 7 heteroatoms. The molecular formula is C20H23NO6. The van der Waals surface area contributed by atoms with Gasteiger partial charge >= 0.3 is 5.97 Å². The zero-order valence-electron chi connectivity index (χ0n) is 15.8. The Balaban J connectivity index is 1.79.